The normalized spacial score (nSPS) is 12.5. The van der Waals surface area contributed by atoms with Crippen molar-refractivity contribution in [2.75, 3.05) is 7.11 Å². The molecule has 1 unspecified atom stereocenters. The van der Waals surface area contributed by atoms with Crippen molar-refractivity contribution in [2.45, 2.75) is 25.8 Å². The first-order chi connectivity index (χ1) is 6.63. The van der Waals surface area contributed by atoms with Crippen LogP contribution in [-0.4, -0.2) is 18.3 Å². The Kier molecular flexibility index (Phi) is 3.77. The number of benzene rings is 1. The Morgan fingerprint density at radius 3 is 2.79 bits per heavy atom. The molecule has 14 heavy (non-hydrogen) atoms. The summed E-state index contributed by atoms with van der Waals surface area (Å²) in [4.78, 5) is 0. The molecule has 0 amide bonds. The Hall–Kier alpha value is -1.22. The van der Waals surface area contributed by atoms with Gasteiger partial charge in [0.1, 0.15) is 11.5 Å². The highest BCUT2D eigenvalue weighted by atomic mass is 16.5. The van der Waals surface area contributed by atoms with Gasteiger partial charge in [0.25, 0.3) is 0 Å². The van der Waals surface area contributed by atoms with Gasteiger partial charge in [-0.1, -0.05) is 0 Å². The molecule has 0 aliphatic carbocycles. The van der Waals surface area contributed by atoms with E-state index in [0.717, 1.165) is 24.2 Å². The molecule has 0 fully saturated rings. The van der Waals surface area contributed by atoms with Gasteiger partial charge in [-0.05, 0) is 43.5 Å². The van der Waals surface area contributed by atoms with Crippen molar-refractivity contribution in [3.05, 3.63) is 23.8 Å². The highest BCUT2D eigenvalue weighted by molar-refractivity contribution is 5.39. The van der Waals surface area contributed by atoms with E-state index in [2.05, 4.69) is 0 Å². The third-order valence-corrected chi connectivity index (χ3v) is 2.16. The van der Waals surface area contributed by atoms with E-state index in [1.54, 1.807) is 19.2 Å². The summed E-state index contributed by atoms with van der Waals surface area (Å²) >= 11 is 0. The Morgan fingerprint density at radius 2 is 2.21 bits per heavy atom. The van der Waals surface area contributed by atoms with E-state index in [-0.39, 0.29) is 6.04 Å². The van der Waals surface area contributed by atoms with Crippen molar-refractivity contribution in [1.29, 1.82) is 0 Å². The summed E-state index contributed by atoms with van der Waals surface area (Å²) in [7, 11) is 1.61. The van der Waals surface area contributed by atoms with Crippen molar-refractivity contribution < 1.29 is 9.84 Å². The first-order valence-corrected chi connectivity index (χ1v) is 4.75. The van der Waals surface area contributed by atoms with Crippen molar-refractivity contribution in [3.63, 3.8) is 0 Å². The third-order valence-electron chi connectivity index (χ3n) is 2.16. The molecule has 0 saturated heterocycles. The monoisotopic (exact) mass is 195 g/mol. The fourth-order valence-corrected chi connectivity index (χ4v) is 1.27. The molecule has 1 aromatic carbocycles. The Morgan fingerprint density at radius 1 is 1.50 bits per heavy atom. The summed E-state index contributed by atoms with van der Waals surface area (Å²) in [5, 5.41) is 9.55. The number of aromatic hydroxyl groups is 1. The van der Waals surface area contributed by atoms with Crippen LogP contribution in [0.1, 0.15) is 18.9 Å². The van der Waals surface area contributed by atoms with Crippen LogP contribution in [0.2, 0.25) is 0 Å². The van der Waals surface area contributed by atoms with Gasteiger partial charge in [-0.2, -0.15) is 0 Å². The maximum atomic E-state index is 9.55. The van der Waals surface area contributed by atoms with E-state index >= 15 is 0 Å². The van der Waals surface area contributed by atoms with Crippen LogP contribution in [0.15, 0.2) is 18.2 Å². The first-order valence-electron chi connectivity index (χ1n) is 4.75. The quantitative estimate of drug-likeness (QED) is 0.768. The van der Waals surface area contributed by atoms with Crippen LogP contribution >= 0.6 is 0 Å². The second-order valence-electron chi connectivity index (χ2n) is 3.51. The molecule has 0 heterocycles. The number of aryl methyl sites for hydroxylation is 1. The number of rotatable bonds is 4. The van der Waals surface area contributed by atoms with Crippen LogP contribution in [0, 0.1) is 0 Å². The van der Waals surface area contributed by atoms with Crippen molar-refractivity contribution in [2.24, 2.45) is 5.73 Å². The van der Waals surface area contributed by atoms with E-state index in [9.17, 15) is 5.11 Å². The number of methoxy groups -OCH3 is 1. The maximum Gasteiger partial charge on any atom is 0.119 e. The lowest BCUT2D eigenvalue weighted by atomic mass is 10.1. The second kappa shape index (κ2) is 4.86. The summed E-state index contributed by atoms with van der Waals surface area (Å²) in [6, 6.07) is 5.39. The standard InChI is InChI=1S/C11H17NO2/c1-8(12)3-4-9-7-10(14-2)5-6-11(9)13/h5-8,13H,3-4,12H2,1-2H3. The molecule has 1 rings (SSSR count). The minimum atomic E-state index is 0.153. The molecular weight excluding hydrogens is 178 g/mol. The number of phenols is 1. The van der Waals surface area contributed by atoms with Crippen molar-refractivity contribution in [3.8, 4) is 11.5 Å². The number of hydrogen-bond acceptors (Lipinski definition) is 3. The third kappa shape index (κ3) is 2.92. The van der Waals surface area contributed by atoms with Crippen LogP contribution in [0.4, 0.5) is 0 Å². The lowest BCUT2D eigenvalue weighted by Crippen LogP contribution is -2.15. The molecule has 0 saturated carbocycles. The zero-order valence-corrected chi connectivity index (χ0v) is 8.66. The van der Waals surface area contributed by atoms with E-state index < -0.39 is 0 Å². The smallest absolute Gasteiger partial charge is 0.119 e. The summed E-state index contributed by atoms with van der Waals surface area (Å²) in [6.07, 6.45) is 1.64. The molecule has 1 aromatic rings. The predicted molar refractivity (Wildman–Crippen MR) is 56.6 cm³/mol. The average molecular weight is 195 g/mol. The largest absolute Gasteiger partial charge is 0.508 e. The molecule has 0 aliphatic heterocycles. The molecule has 78 valence electrons. The number of ether oxygens (including phenoxy) is 1. The molecule has 1 atom stereocenters. The van der Waals surface area contributed by atoms with Crippen LogP contribution in [0.25, 0.3) is 0 Å². The van der Waals surface area contributed by atoms with Crippen molar-refractivity contribution >= 4 is 0 Å². The minimum Gasteiger partial charge on any atom is -0.508 e. The highest BCUT2D eigenvalue weighted by Gasteiger charge is 2.04. The van der Waals surface area contributed by atoms with Gasteiger partial charge in [0.2, 0.25) is 0 Å². The highest BCUT2D eigenvalue weighted by Crippen LogP contribution is 2.24. The summed E-state index contributed by atoms with van der Waals surface area (Å²) in [6.45, 7) is 1.96. The number of nitrogens with two attached hydrogens (primary N) is 1. The van der Waals surface area contributed by atoms with Crippen LogP contribution in [0.5, 0.6) is 11.5 Å². The fraction of sp³-hybridized carbons (Fsp3) is 0.455. The molecule has 3 heteroatoms. The molecule has 3 N–H and O–H groups in total. The second-order valence-corrected chi connectivity index (χ2v) is 3.51. The average Bonchev–Trinajstić information content (AvgIpc) is 2.16. The van der Waals surface area contributed by atoms with E-state index in [0.29, 0.717) is 5.75 Å². The van der Waals surface area contributed by atoms with E-state index in [4.69, 9.17) is 10.5 Å². The maximum absolute atomic E-state index is 9.55. The van der Waals surface area contributed by atoms with Crippen LogP contribution in [0.3, 0.4) is 0 Å². The molecule has 0 aliphatic rings. The molecule has 0 spiro atoms. The van der Waals surface area contributed by atoms with Crippen LogP contribution < -0.4 is 10.5 Å². The van der Waals surface area contributed by atoms with Gasteiger partial charge >= 0.3 is 0 Å². The van der Waals surface area contributed by atoms with E-state index in [1.807, 2.05) is 13.0 Å². The molecular formula is C11H17NO2. The molecule has 0 bridgehead atoms. The number of hydrogen-bond donors (Lipinski definition) is 2. The zero-order valence-electron chi connectivity index (χ0n) is 8.66. The van der Waals surface area contributed by atoms with Gasteiger partial charge in [-0.3, -0.25) is 0 Å². The Bertz CT molecular complexity index is 297. The summed E-state index contributed by atoms with van der Waals surface area (Å²) in [5.74, 6) is 1.08. The van der Waals surface area contributed by atoms with E-state index in [1.165, 1.54) is 0 Å². The van der Waals surface area contributed by atoms with Gasteiger partial charge in [0.15, 0.2) is 0 Å². The molecule has 3 nitrogen and oxygen atoms in total. The number of phenolic OH excluding ortho intramolecular Hbond substituents is 1. The first kappa shape index (κ1) is 10.9. The lowest BCUT2D eigenvalue weighted by molar-refractivity contribution is 0.410. The van der Waals surface area contributed by atoms with Gasteiger partial charge < -0.3 is 15.6 Å². The van der Waals surface area contributed by atoms with Crippen molar-refractivity contribution in [1.82, 2.24) is 0 Å². The van der Waals surface area contributed by atoms with Gasteiger partial charge in [0.05, 0.1) is 7.11 Å². The SMILES string of the molecule is COc1ccc(O)c(CCC(C)N)c1. The molecule has 0 radical (unpaired) electrons. The lowest BCUT2D eigenvalue weighted by Gasteiger charge is -2.08. The summed E-state index contributed by atoms with van der Waals surface area (Å²) in [5.41, 5.74) is 6.54. The minimum absolute atomic E-state index is 0.153. The van der Waals surface area contributed by atoms with Gasteiger partial charge in [-0.25, -0.2) is 0 Å². The Balaban J connectivity index is 2.73. The topological polar surface area (TPSA) is 55.5 Å². The zero-order chi connectivity index (χ0) is 10.6. The summed E-state index contributed by atoms with van der Waals surface area (Å²) < 4.78 is 5.07. The van der Waals surface area contributed by atoms with Gasteiger partial charge in [-0.15, -0.1) is 0 Å². The van der Waals surface area contributed by atoms with Crippen LogP contribution in [-0.2, 0) is 6.42 Å². The predicted octanol–water partition coefficient (Wildman–Crippen LogP) is 1.68. The van der Waals surface area contributed by atoms with Gasteiger partial charge in [0, 0.05) is 6.04 Å². The fourth-order valence-electron chi connectivity index (χ4n) is 1.27. The molecule has 0 aromatic heterocycles. The Labute approximate surface area is 84.5 Å².